The zero-order chi connectivity index (χ0) is 21.7. The molecular weight excluding hydrogens is 386 g/mol. The van der Waals surface area contributed by atoms with Crippen molar-refractivity contribution in [3.8, 4) is 5.75 Å². The number of ether oxygens (including phenoxy) is 1. The molecule has 168 valence electrons. The molecule has 0 amide bonds. The minimum absolute atomic E-state index is 0.602. The Morgan fingerprint density at radius 3 is 2.42 bits per heavy atom. The van der Waals surface area contributed by atoms with Crippen LogP contribution in [-0.2, 0) is 6.54 Å². The van der Waals surface area contributed by atoms with Gasteiger partial charge in [0.1, 0.15) is 5.75 Å². The monoisotopic (exact) mass is 423 g/mol. The van der Waals surface area contributed by atoms with Gasteiger partial charge in [-0.1, -0.05) is 36.4 Å². The van der Waals surface area contributed by atoms with Gasteiger partial charge >= 0.3 is 0 Å². The van der Waals surface area contributed by atoms with Crippen LogP contribution in [0.1, 0.15) is 25.3 Å². The zero-order valence-corrected chi connectivity index (χ0v) is 19.0. The number of benzene rings is 2. The first-order valence-electron chi connectivity index (χ1n) is 11.5. The SMILES string of the molecule is CCNC(=NCc1ccccc1OC)NCCCCN1CCN(c2ccccc2)CC1. The minimum Gasteiger partial charge on any atom is -0.496 e. The van der Waals surface area contributed by atoms with Crippen molar-refractivity contribution in [2.75, 3.05) is 57.8 Å². The molecule has 2 N–H and O–H groups in total. The van der Waals surface area contributed by atoms with E-state index < -0.39 is 0 Å². The number of nitrogens with zero attached hydrogens (tertiary/aromatic N) is 3. The Kier molecular flexibility index (Phi) is 9.51. The van der Waals surface area contributed by atoms with Gasteiger partial charge in [0.25, 0.3) is 0 Å². The summed E-state index contributed by atoms with van der Waals surface area (Å²) in [4.78, 5) is 9.78. The number of hydrogen-bond donors (Lipinski definition) is 2. The molecule has 1 saturated heterocycles. The van der Waals surface area contributed by atoms with E-state index in [1.54, 1.807) is 7.11 Å². The molecule has 3 rings (SSSR count). The van der Waals surface area contributed by atoms with Gasteiger partial charge in [0.2, 0.25) is 0 Å². The molecule has 31 heavy (non-hydrogen) atoms. The quantitative estimate of drug-likeness (QED) is 0.349. The van der Waals surface area contributed by atoms with E-state index >= 15 is 0 Å². The van der Waals surface area contributed by atoms with Crippen molar-refractivity contribution in [3.63, 3.8) is 0 Å². The average molecular weight is 424 g/mol. The van der Waals surface area contributed by atoms with Crippen molar-refractivity contribution in [2.24, 2.45) is 4.99 Å². The van der Waals surface area contributed by atoms with Gasteiger partial charge in [-0.15, -0.1) is 0 Å². The molecular formula is C25H37N5O. The number of hydrogen-bond acceptors (Lipinski definition) is 4. The Bertz CT molecular complexity index is 788. The highest BCUT2D eigenvalue weighted by molar-refractivity contribution is 5.79. The van der Waals surface area contributed by atoms with Gasteiger partial charge in [0, 0.05) is 50.5 Å². The highest BCUT2D eigenvalue weighted by atomic mass is 16.5. The summed E-state index contributed by atoms with van der Waals surface area (Å²) in [6.45, 7) is 10.2. The maximum atomic E-state index is 5.42. The maximum absolute atomic E-state index is 5.42. The van der Waals surface area contributed by atoms with Gasteiger partial charge in [-0.2, -0.15) is 0 Å². The first-order valence-corrected chi connectivity index (χ1v) is 11.5. The average Bonchev–Trinajstić information content (AvgIpc) is 2.83. The molecule has 0 bridgehead atoms. The van der Waals surface area contributed by atoms with Crippen LogP contribution >= 0.6 is 0 Å². The molecule has 1 fully saturated rings. The third-order valence-corrected chi connectivity index (χ3v) is 5.63. The lowest BCUT2D eigenvalue weighted by molar-refractivity contribution is 0.253. The second-order valence-corrected chi connectivity index (χ2v) is 7.81. The van der Waals surface area contributed by atoms with Gasteiger partial charge < -0.3 is 20.3 Å². The van der Waals surface area contributed by atoms with Crippen molar-refractivity contribution in [2.45, 2.75) is 26.3 Å². The molecule has 0 aromatic heterocycles. The Morgan fingerprint density at radius 1 is 0.935 bits per heavy atom. The Balaban J connectivity index is 1.34. The number of rotatable bonds is 10. The summed E-state index contributed by atoms with van der Waals surface area (Å²) in [6.07, 6.45) is 2.34. The highest BCUT2D eigenvalue weighted by Gasteiger charge is 2.16. The first-order chi connectivity index (χ1) is 15.3. The van der Waals surface area contributed by atoms with E-state index in [0.29, 0.717) is 6.54 Å². The number of guanidine groups is 1. The van der Waals surface area contributed by atoms with Crippen molar-refractivity contribution in [1.29, 1.82) is 0 Å². The van der Waals surface area contributed by atoms with Crippen LogP contribution < -0.4 is 20.3 Å². The smallest absolute Gasteiger partial charge is 0.191 e. The van der Waals surface area contributed by atoms with Gasteiger partial charge in [-0.3, -0.25) is 4.90 Å². The van der Waals surface area contributed by atoms with E-state index in [-0.39, 0.29) is 0 Å². The number of unbranched alkanes of at least 4 members (excludes halogenated alkanes) is 1. The van der Waals surface area contributed by atoms with Crippen LogP contribution in [-0.4, -0.2) is 63.8 Å². The number of piperazine rings is 1. The van der Waals surface area contributed by atoms with Crippen molar-refractivity contribution < 1.29 is 4.74 Å². The standard InChI is InChI=1S/C25H37N5O/c1-3-26-25(28-21-22-11-7-8-14-24(22)31-2)27-15-9-10-16-29-17-19-30(20-18-29)23-12-5-4-6-13-23/h4-8,11-14H,3,9-10,15-21H2,1-2H3,(H2,26,27,28). The molecule has 1 aliphatic rings. The highest BCUT2D eigenvalue weighted by Crippen LogP contribution is 2.18. The normalized spacial score (nSPS) is 15.0. The molecule has 0 unspecified atom stereocenters. The van der Waals surface area contributed by atoms with E-state index in [2.05, 4.69) is 63.8 Å². The maximum Gasteiger partial charge on any atom is 0.191 e. The number of anilines is 1. The molecule has 6 nitrogen and oxygen atoms in total. The first kappa shape index (κ1) is 22.9. The topological polar surface area (TPSA) is 52.1 Å². The van der Waals surface area contributed by atoms with Crippen LogP contribution in [0.2, 0.25) is 0 Å². The fourth-order valence-electron chi connectivity index (χ4n) is 3.88. The summed E-state index contributed by atoms with van der Waals surface area (Å²) < 4.78 is 5.42. The van der Waals surface area contributed by atoms with Gasteiger partial charge in [0.15, 0.2) is 5.96 Å². The van der Waals surface area contributed by atoms with Gasteiger partial charge in [0.05, 0.1) is 13.7 Å². The molecule has 6 heteroatoms. The van der Waals surface area contributed by atoms with Crippen LogP contribution in [0.5, 0.6) is 5.75 Å². The van der Waals surface area contributed by atoms with E-state index in [4.69, 9.17) is 9.73 Å². The number of nitrogens with one attached hydrogen (secondary N) is 2. The number of aliphatic imine (C=N–C) groups is 1. The van der Waals surface area contributed by atoms with Crippen LogP contribution in [0.4, 0.5) is 5.69 Å². The molecule has 2 aromatic rings. The zero-order valence-electron chi connectivity index (χ0n) is 19.0. The molecule has 0 spiro atoms. The third kappa shape index (κ3) is 7.47. The van der Waals surface area contributed by atoms with Gasteiger partial charge in [-0.25, -0.2) is 4.99 Å². The summed E-state index contributed by atoms with van der Waals surface area (Å²) in [7, 11) is 1.70. The lowest BCUT2D eigenvalue weighted by atomic mass is 10.2. The predicted molar refractivity (Wildman–Crippen MR) is 130 cm³/mol. The molecule has 0 saturated carbocycles. The number of para-hydroxylation sites is 2. The van der Waals surface area contributed by atoms with E-state index in [1.807, 2.05) is 18.2 Å². The summed E-state index contributed by atoms with van der Waals surface area (Å²) >= 11 is 0. The number of methoxy groups -OCH3 is 1. The second kappa shape index (κ2) is 12.8. The lowest BCUT2D eigenvalue weighted by Gasteiger charge is -2.36. The van der Waals surface area contributed by atoms with E-state index in [0.717, 1.165) is 63.0 Å². The Morgan fingerprint density at radius 2 is 1.68 bits per heavy atom. The fourth-order valence-corrected chi connectivity index (χ4v) is 3.88. The van der Waals surface area contributed by atoms with Crippen molar-refractivity contribution in [1.82, 2.24) is 15.5 Å². The Hall–Kier alpha value is -2.73. The summed E-state index contributed by atoms with van der Waals surface area (Å²) in [5.41, 5.74) is 2.44. The van der Waals surface area contributed by atoms with Crippen molar-refractivity contribution >= 4 is 11.6 Å². The minimum atomic E-state index is 0.602. The summed E-state index contributed by atoms with van der Waals surface area (Å²) in [5, 5.41) is 6.80. The lowest BCUT2D eigenvalue weighted by Crippen LogP contribution is -2.46. The molecule has 0 aliphatic carbocycles. The van der Waals surface area contributed by atoms with Crippen LogP contribution in [0.15, 0.2) is 59.6 Å². The van der Waals surface area contributed by atoms with E-state index in [9.17, 15) is 0 Å². The second-order valence-electron chi connectivity index (χ2n) is 7.81. The third-order valence-electron chi connectivity index (χ3n) is 5.63. The van der Waals surface area contributed by atoms with Gasteiger partial charge in [-0.05, 0) is 44.5 Å². The Labute approximate surface area is 187 Å². The summed E-state index contributed by atoms with van der Waals surface area (Å²) in [6, 6.07) is 18.8. The molecule has 2 aromatic carbocycles. The van der Waals surface area contributed by atoms with E-state index in [1.165, 1.54) is 18.7 Å². The molecule has 1 aliphatic heterocycles. The molecule has 0 atom stereocenters. The fraction of sp³-hybridized carbons (Fsp3) is 0.480. The predicted octanol–water partition coefficient (Wildman–Crippen LogP) is 3.35. The van der Waals surface area contributed by atoms with Crippen LogP contribution in [0.25, 0.3) is 0 Å². The molecule has 1 heterocycles. The summed E-state index contributed by atoms with van der Waals surface area (Å²) in [5.74, 6) is 1.75. The largest absolute Gasteiger partial charge is 0.496 e. The van der Waals surface area contributed by atoms with Crippen LogP contribution in [0.3, 0.4) is 0 Å². The van der Waals surface area contributed by atoms with Crippen molar-refractivity contribution in [3.05, 3.63) is 60.2 Å². The molecule has 0 radical (unpaired) electrons. The van der Waals surface area contributed by atoms with Crippen LogP contribution in [0, 0.1) is 0 Å².